The van der Waals surface area contributed by atoms with Crippen molar-refractivity contribution >= 4 is 23.1 Å². The van der Waals surface area contributed by atoms with Crippen molar-refractivity contribution < 1.29 is 13.2 Å². The molecule has 0 saturated carbocycles. The number of benzene rings is 2. The average molecular weight is 299 g/mol. The van der Waals surface area contributed by atoms with Crippen molar-refractivity contribution in [2.24, 2.45) is 0 Å². The number of rotatable bonds is 2. The molecular weight excluding hydrogens is 287 g/mol. The number of nitrogens with zero attached hydrogens (tertiary/aromatic N) is 1. The number of fused-ring (bicyclic) bond motifs is 1. The third-order valence-electron chi connectivity index (χ3n) is 3.33. The number of hydrogen-bond acceptors (Lipinski definition) is 1. The molecular formula is C18H12F3N. The standard InChI is InChI=1S/C18H12F3N/c19-18(20,21)16-8-5-13(6-9-16)3-4-14-7-10-17-15(12-14)2-1-11-22-17/h1-12H/b4-3+. The van der Waals surface area contributed by atoms with Crippen molar-refractivity contribution in [1.82, 2.24) is 4.98 Å². The van der Waals surface area contributed by atoms with E-state index in [9.17, 15) is 13.2 Å². The van der Waals surface area contributed by atoms with Crippen LogP contribution in [0.25, 0.3) is 23.1 Å². The molecule has 0 aliphatic heterocycles. The highest BCUT2D eigenvalue weighted by atomic mass is 19.4. The van der Waals surface area contributed by atoms with Crippen LogP contribution in [0.3, 0.4) is 0 Å². The maximum atomic E-state index is 12.5. The zero-order valence-corrected chi connectivity index (χ0v) is 11.5. The Morgan fingerprint density at radius 3 is 2.23 bits per heavy atom. The van der Waals surface area contributed by atoms with Crippen LogP contribution in [0.2, 0.25) is 0 Å². The predicted molar refractivity (Wildman–Crippen MR) is 82.1 cm³/mol. The van der Waals surface area contributed by atoms with Crippen molar-refractivity contribution in [1.29, 1.82) is 0 Å². The van der Waals surface area contributed by atoms with E-state index in [4.69, 9.17) is 0 Å². The molecule has 1 heterocycles. The Hall–Kier alpha value is -2.62. The first kappa shape index (κ1) is 14.3. The van der Waals surface area contributed by atoms with Crippen LogP contribution in [0.4, 0.5) is 13.2 Å². The zero-order chi connectivity index (χ0) is 15.6. The molecule has 1 aromatic heterocycles. The molecule has 0 saturated heterocycles. The molecule has 1 nitrogen and oxygen atoms in total. The molecule has 110 valence electrons. The van der Waals surface area contributed by atoms with Gasteiger partial charge in [-0.25, -0.2) is 0 Å². The summed E-state index contributed by atoms with van der Waals surface area (Å²) in [4.78, 5) is 4.24. The maximum Gasteiger partial charge on any atom is 0.416 e. The molecule has 0 atom stereocenters. The second kappa shape index (κ2) is 5.64. The fourth-order valence-electron chi connectivity index (χ4n) is 2.17. The SMILES string of the molecule is FC(F)(F)c1ccc(/C=C/c2ccc3ncccc3c2)cc1. The van der Waals surface area contributed by atoms with Gasteiger partial charge < -0.3 is 0 Å². The van der Waals surface area contributed by atoms with Crippen LogP contribution in [0, 0.1) is 0 Å². The lowest BCUT2D eigenvalue weighted by Gasteiger charge is -2.05. The lowest BCUT2D eigenvalue weighted by atomic mass is 10.1. The quantitative estimate of drug-likeness (QED) is 0.575. The van der Waals surface area contributed by atoms with Crippen LogP contribution in [0.5, 0.6) is 0 Å². The van der Waals surface area contributed by atoms with Gasteiger partial charge in [0.2, 0.25) is 0 Å². The summed E-state index contributed by atoms with van der Waals surface area (Å²) in [6, 6.07) is 14.8. The number of aromatic nitrogens is 1. The van der Waals surface area contributed by atoms with Crippen molar-refractivity contribution in [3.8, 4) is 0 Å². The van der Waals surface area contributed by atoms with Gasteiger partial charge in [-0.3, -0.25) is 4.98 Å². The minimum atomic E-state index is -4.30. The van der Waals surface area contributed by atoms with Crippen molar-refractivity contribution in [2.45, 2.75) is 6.18 Å². The fraction of sp³-hybridized carbons (Fsp3) is 0.0556. The number of halogens is 3. The molecule has 2 aromatic carbocycles. The van der Waals surface area contributed by atoms with Crippen LogP contribution >= 0.6 is 0 Å². The van der Waals surface area contributed by atoms with Gasteiger partial charge in [0.25, 0.3) is 0 Å². The van der Waals surface area contributed by atoms with E-state index in [-0.39, 0.29) is 0 Å². The van der Waals surface area contributed by atoms with Gasteiger partial charge in [-0.1, -0.05) is 36.4 Å². The number of hydrogen-bond donors (Lipinski definition) is 0. The monoisotopic (exact) mass is 299 g/mol. The Morgan fingerprint density at radius 1 is 0.818 bits per heavy atom. The smallest absolute Gasteiger partial charge is 0.256 e. The van der Waals surface area contributed by atoms with Gasteiger partial charge in [-0.2, -0.15) is 13.2 Å². The molecule has 0 aliphatic carbocycles. The minimum absolute atomic E-state index is 0.638. The zero-order valence-electron chi connectivity index (χ0n) is 11.5. The van der Waals surface area contributed by atoms with E-state index in [2.05, 4.69) is 4.98 Å². The van der Waals surface area contributed by atoms with Crippen LogP contribution in [0.15, 0.2) is 60.8 Å². The van der Waals surface area contributed by atoms with Crippen molar-refractivity contribution in [3.63, 3.8) is 0 Å². The summed E-state index contributed by atoms with van der Waals surface area (Å²) in [5, 5.41) is 1.03. The molecule has 3 aromatic rings. The van der Waals surface area contributed by atoms with Crippen LogP contribution < -0.4 is 0 Å². The average Bonchev–Trinajstić information content (AvgIpc) is 2.52. The van der Waals surface area contributed by atoms with E-state index < -0.39 is 11.7 Å². The molecule has 0 amide bonds. The Balaban J connectivity index is 1.83. The van der Waals surface area contributed by atoms with Crippen LogP contribution in [-0.2, 0) is 6.18 Å². The highest BCUT2D eigenvalue weighted by Gasteiger charge is 2.29. The summed E-state index contributed by atoms with van der Waals surface area (Å²) in [5.41, 5.74) is 1.97. The van der Waals surface area contributed by atoms with Gasteiger partial charge in [0.1, 0.15) is 0 Å². The summed E-state index contributed by atoms with van der Waals surface area (Å²) >= 11 is 0. The molecule has 0 N–H and O–H groups in total. The molecule has 0 bridgehead atoms. The Kier molecular flexibility index (Phi) is 3.67. The van der Waals surface area contributed by atoms with Gasteiger partial charge in [0, 0.05) is 11.6 Å². The summed E-state index contributed by atoms with van der Waals surface area (Å²) < 4.78 is 37.5. The Bertz CT molecular complexity index is 818. The summed E-state index contributed by atoms with van der Waals surface area (Å²) in [5.74, 6) is 0. The lowest BCUT2D eigenvalue weighted by Crippen LogP contribution is -2.03. The molecule has 3 rings (SSSR count). The first-order valence-electron chi connectivity index (χ1n) is 6.72. The van der Waals surface area contributed by atoms with E-state index >= 15 is 0 Å². The van der Waals surface area contributed by atoms with Gasteiger partial charge >= 0.3 is 6.18 Å². The van der Waals surface area contributed by atoms with E-state index in [1.54, 1.807) is 12.3 Å². The van der Waals surface area contributed by atoms with Gasteiger partial charge in [-0.05, 0) is 41.5 Å². The molecule has 0 unspecified atom stereocenters. The Labute approximate surface area is 125 Å². The second-order valence-electron chi connectivity index (χ2n) is 4.91. The van der Waals surface area contributed by atoms with Gasteiger partial charge in [0.15, 0.2) is 0 Å². The number of alkyl halides is 3. The molecule has 0 fully saturated rings. The van der Waals surface area contributed by atoms with E-state index in [0.717, 1.165) is 34.2 Å². The molecule has 4 heteroatoms. The van der Waals surface area contributed by atoms with E-state index in [1.807, 2.05) is 36.4 Å². The summed E-state index contributed by atoms with van der Waals surface area (Å²) in [6.45, 7) is 0. The first-order chi connectivity index (χ1) is 10.5. The molecule has 22 heavy (non-hydrogen) atoms. The summed E-state index contributed by atoms with van der Waals surface area (Å²) in [7, 11) is 0. The highest BCUT2D eigenvalue weighted by molar-refractivity contribution is 5.82. The second-order valence-corrected chi connectivity index (χ2v) is 4.91. The predicted octanol–water partition coefficient (Wildman–Crippen LogP) is 5.42. The van der Waals surface area contributed by atoms with Crippen molar-refractivity contribution in [2.75, 3.05) is 0 Å². The van der Waals surface area contributed by atoms with Crippen LogP contribution in [0.1, 0.15) is 16.7 Å². The third kappa shape index (κ3) is 3.17. The normalized spacial score (nSPS) is 12.1. The molecule has 0 aliphatic rings. The van der Waals surface area contributed by atoms with Gasteiger partial charge in [0.05, 0.1) is 11.1 Å². The topological polar surface area (TPSA) is 12.9 Å². The fourth-order valence-corrected chi connectivity index (χ4v) is 2.17. The largest absolute Gasteiger partial charge is 0.416 e. The molecule has 0 radical (unpaired) electrons. The first-order valence-corrected chi connectivity index (χ1v) is 6.72. The lowest BCUT2D eigenvalue weighted by molar-refractivity contribution is -0.137. The van der Waals surface area contributed by atoms with Crippen molar-refractivity contribution in [3.05, 3.63) is 77.5 Å². The van der Waals surface area contributed by atoms with E-state index in [0.29, 0.717) is 0 Å². The number of pyridine rings is 1. The molecule has 0 spiro atoms. The van der Waals surface area contributed by atoms with E-state index in [1.165, 1.54) is 12.1 Å². The summed E-state index contributed by atoms with van der Waals surface area (Å²) in [6.07, 6.45) is 1.10. The third-order valence-corrected chi connectivity index (χ3v) is 3.33. The maximum absolute atomic E-state index is 12.5. The van der Waals surface area contributed by atoms with Gasteiger partial charge in [-0.15, -0.1) is 0 Å². The highest BCUT2D eigenvalue weighted by Crippen LogP contribution is 2.29. The van der Waals surface area contributed by atoms with Crippen LogP contribution in [-0.4, -0.2) is 4.98 Å². The minimum Gasteiger partial charge on any atom is -0.256 e. The Morgan fingerprint density at radius 2 is 1.50 bits per heavy atom.